The standard InChI is InChI=1S/C16H13ClN4/c1-11-4-2-5-12(10-11)20-16-19-9-7-14(21-16)13-6-3-8-18-15(13)17/h2-10H,1H3,(H,19,20,21). The van der Waals surface area contributed by atoms with Crippen LogP contribution >= 0.6 is 11.6 Å². The van der Waals surface area contributed by atoms with Crippen LogP contribution in [-0.4, -0.2) is 15.0 Å². The zero-order valence-corrected chi connectivity index (χ0v) is 12.2. The molecule has 0 atom stereocenters. The topological polar surface area (TPSA) is 50.7 Å². The van der Waals surface area contributed by atoms with Gasteiger partial charge in [0.05, 0.1) is 5.69 Å². The van der Waals surface area contributed by atoms with Crippen LogP contribution < -0.4 is 5.32 Å². The van der Waals surface area contributed by atoms with E-state index in [1.165, 1.54) is 5.56 Å². The fourth-order valence-corrected chi connectivity index (χ4v) is 2.21. The van der Waals surface area contributed by atoms with Crippen molar-refractivity contribution in [3.05, 3.63) is 65.6 Å². The third kappa shape index (κ3) is 3.17. The van der Waals surface area contributed by atoms with Gasteiger partial charge in [-0.2, -0.15) is 0 Å². The Labute approximate surface area is 127 Å². The van der Waals surface area contributed by atoms with Gasteiger partial charge >= 0.3 is 0 Å². The Hall–Kier alpha value is -2.46. The normalized spacial score (nSPS) is 10.4. The molecule has 21 heavy (non-hydrogen) atoms. The van der Waals surface area contributed by atoms with Gasteiger partial charge in [0.1, 0.15) is 5.15 Å². The number of nitrogens with zero attached hydrogens (tertiary/aromatic N) is 3. The molecule has 0 unspecified atom stereocenters. The number of nitrogens with one attached hydrogen (secondary N) is 1. The van der Waals surface area contributed by atoms with Gasteiger partial charge in [-0.1, -0.05) is 23.7 Å². The van der Waals surface area contributed by atoms with Gasteiger partial charge in [0.15, 0.2) is 0 Å². The fourth-order valence-electron chi connectivity index (χ4n) is 2.00. The minimum atomic E-state index is 0.428. The maximum Gasteiger partial charge on any atom is 0.227 e. The third-order valence-electron chi connectivity index (χ3n) is 2.96. The minimum Gasteiger partial charge on any atom is -0.324 e. The lowest BCUT2D eigenvalue weighted by Gasteiger charge is -2.07. The van der Waals surface area contributed by atoms with E-state index >= 15 is 0 Å². The van der Waals surface area contributed by atoms with Gasteiger partial charge in [-0.3, -0.25) is 0 Å². The zero-order chi connectivity index (χ0) is 14.7. The molecule has 3 aromatic rings. The number of hydrogen-bond donors (Lipinski definition) is 1. The van der Waals surface area contributed by atoms with E-state index in [0.29, 0.717) is 11.1 Å². The predicted octanol–water partition coefficient (Wildman–Crippen LogP) is 4.24. The number of pyridine rings is 1. The molecule has 0 fully saturated rings. The van der Waals surface area contributed by atoms with Gasteiger partial charge in [0.25, 0.3) is 0 Å². The van der Waals surface area contributed by atoms with Crippen LogP contribution in [0, 0.1) is 6.92 Å². The molecular formula is C16H13ClN4. The minimum absolute atomic E-state index is 0.428. The maximum absolute atomic E-state index is 6.10. The van der Waals surface area contributed by atoms with E-state index in [1.807, 2.05) is 49.4 Å². The molecule has 0 saturated carbocycles. The molecule has 0 aliphatic rings. The van der Waals surface area contributed by atoms with Crippen LogP contribution in [0.3, 0.4) is 0 Å². The average Bonchev–Trinajstić information content (AvgIpc) is 2.48. The molecule has 0 aliphatic carbocycles. The Kier molecular flexibility index (Phi) is 3.79. The molecule has 2 aromatic heterocycles. The number of benzene rings is 1. The summed E-state index contributed by atoms with van der Waals surface area (Å²) in [6, 6.07) is 13.6. The SMILES string of the molecule is Cc1cccc(Nc2nccc(-c3cccnc3Cl)n2)c1. The summed E-state index contributed by atoms with van der Waals surface area (Å²) in [5.74, 6) is 0.526. The Balaban J connectivity index is 1.92. The van der Waals surface area contributed by atoms with Gasteiger partial charge < -0.3 is 5.32 Å². The molecule has 1 aromatic carbocycles. The molecule has 0 aliphatic heterocycles. The lowest BCUT2D eigenvalue weighted by Crippen LogP contribution is -1.98. The molecule has 0 bridgehead atoms. The molecule has 0 spiro atoms. The number of hydrogen-bond acceptors (Lipinski definition) is 4. The molecule has 0 radical (unpaired) electrons. The van der Waals surface area contributed by atoms with Crippen LogP contribution in [0.25, 0.3) is 11.3 Å². The van der Waals surface area contributed by atoms with E-state index in [9.17, 15) is 0 Å². The molecule has 3 rings (SSSR count). The molecular weight excluding hydrogens is 284 g/mol. The van der Waals surface area contributed by atoms with Gasteiger partial charge in [0, 0.05) is 23.6 Å². The van der Waals surface area contributed by atoms with Crippen LogP contribution in [0.2, 0.25) is 5.15 Å². The van der Waals surface area contributed by atoms with Gasteiger partial charge in [-0.15, -0.1) is 0 Å². The Morgan fingerprint density at radius 2 is 1.90 bits per heavy atom. The third-order valence-corrected chi connectivity index (χ3v) is 3.27. The van der Waals surface area contributed by atoms with E-state index in [1.54, 1.807) is 12.4 Å². The summed E-state index contributed by atoms with van der Waals surface area (Å²) in [7, 11) is 0. The van der Waals surface area contributed by atoms with Crippen molar-refractivity contribution in [1.29, 1.82) is 0 Å². The van der Waals surface area contributed by atoms with E-state index in [0.717, 1.165) is 16.9 Å². The number of halogens is 1. The van der Waals surface area contributed by atoms with Crippen LogP contribution in [-0.2, 0) is 0 Å². The van der Waals surface area contributed by atoms with E-state index in [4.69, 9.17) is 11.6 Å². The summed E-state index contributed by atoms with van der Waals surface area (Å²) in [6.45, 7) is 2.04. The molecule has 0 saturated heterocycles. The molecule has 2 heterocycles. The molecule has 5 heteroatoms. The fraction of sp³-hybridized carbons (Fsp3) is 0.0625. The van der Waals surface area contributed by atoms with Crippen LogP contribution in [0.15, 0.2) is 54.9 Å². The van der Waals surface area contributed by atoms with Crippen LogP contribution in [0.1, 0.15) is 5.56 Å². The number of aryl methyl sites for hydroxylation is 1. The summed E-state index contributed by atoms with van der Waals surface area (Å²) in [4.78, 5) is 12.8. The second-order valence-corrected chi connectivity index (χ2v) is 4.96. The first-order valence-electron chi connectivity index (χ1n) is 6.50. The summed E-state index contributed by atoms with van der Waals surface area (Å²) >= 11 is 6.10. The van der Waals surface area contributed by atoms with Crippen molar-refractivity contribution < 1.29 is 0 Å². The first-order chi connectivity index (χ1) is 10.2. The van der Waals surface area contributed by atoms with Crippen LogP contribution in [0.4, 0.5) is 11.6 Å². The maximum atomic E-state index is 6.10. The second-order valence-electron chi connectivity index (χ2n) is 4.60. The van der Waals surface area contributed by atoms with E-state index < -0.39 is 0 Å². The first-order valence-corrected chi connectivity index (χ1v) is 6.88. The Morgan fingerprint density at radius 3 is 2.71 bits per heavy atom. The van der Waals surface area contributed by atoms with E-state index in [2.05, 4.69) is 20.3 Å². The summed E-state index contributed by atoms with van der Waals surface area (Å²) < 4.78 is 0. The van der Waals surface area contributed by atoms with Crippen molar-refractivity contribution in [2.75, 3.05) is 5.32 Å². The lowest BCUT2D eigenvalue weighted by atomic mass is 10.2. The monoisotopic (exact) mass is 296 g/mol. The average molecular weight is 297 g/mol. The predicted molar refractivity (Wildman–Crippen MR) is 84.7 cm³/mol. The zero-order valence-electron chi connectivity index (χ0n) is 11.4. The van der Waals surface area contributed by atoms with Crippen LogP contribution in [0.5, 0.6) is 0 Å². The number of anilines is 2. The molecule has 4 nitrogen and oxygen atoms in total. The highest BCUT2D eigenvalue weighted by molar-refractivity contribution is 6.32. The van der Waals surface area contributed by atoms with Crippen molar-refractivity contribution in [3.63, 3.8) is 0 Å². The lowest BCUT2D eigenvalue weighted by molar-refractivity contribution is 1.16. The summed E-state index contributed by atoms with van der Waals surface area (Å²) in [5, 5.41) is 3.62. The summed E-state index contributed by atoms with van der Waals surface area (Å²) in [6.07, 6.45) is 3.35. The number of aromatic nitrogens is 3. The largest absolute Gasteiger partial charge is 0.324 e. The smallest absolute Gasteiger partial charge is 0.227 e. The van der Waals surface area contributed by atoms with Gasteiger partial charge in [-0.05, 0) is 42.8 Å². The van der Waals surface area contributed by atoms with E-state index in [-0.39, 0.29) is 0 Å². The van der Waals surface area contributed by atoms with Gasteiger partial charge in [0.2, 0.25) is 5.95 Å². The second kappa shape index (κ2) is 5.89. The first kappa shape index (κ1) is 13.5. The number of rotatable bonds is 3. The van der Waals surface area contributed by atoms with Crippen molar-refractivity contribution >= 4 is 23.2 Å². The van der Waals surface area contributed by atoms with Crippen molar-refractivity contribution in [3.8, 4) is 11.3 Å². The summed E-state index contributed by atoms with van der Waals surface area (Å²) in [5.41, 5.74) is 3.64. The highest BCUT2D eigenvalue weighted by Crippen LogP contribution is 2.24. The van der Waals surface area contributed by atoms with Crippen molar-refractivity contribution in [2.24, 2.45) is 0 Å². The quantitative estimate of drug-likeness (QED) is 0.734. The molecule has 1 N–H and O–H groups in total. The van der Waals surface area contributed by atoms with Gasteiger partial charge in [-0.25, -0.2) is 15.0 Å². The molecule has 104 valence electrons. The van der Waals surface area contributed by atoms with Crippen molar-refractivity contribution in [1.82, 2.24) is 15.0 Å². The highest BCUT2D eigenvalue weighted by Gasteiger charge is 2.07. The van der Waals surface area contributed by atoms with Crippen molar-refractivity contribution in [2.45, 2.75) is 6.92 Å². The Bertz CT molecular complexity index is 773. The molecule has 0 amide bonds. The highest BCUT2D eigenvalue weighted by atomic mass is 35.5. The Morgan fingerprint density at radius 1 is 1.00 bits per heavy atom.